The average molecular weight is 450 g/mol. The van der Waals surface area contributed by atoms with E-state index in [1.54, 1.807) is 18.2 Å². The topological polar surface area (TPSA) is 70.7 Å². The molecule has 0 fully saturated rings. The average Bonchev–Trinajstić information content (AvgIpc) is 2.70. The van der Waals surface area contributed by atoms with Crippen molar-refractivity contribution in [2.75, 3.05) is 31.6 Å². The number of hydrogen-bond donors (Lipinski definition) is 2. The smallest absolute Gasteiger partial charge is 0.238 e. The number of para-hydroxylation sites is 1. The molecule has 0 saturated carbocycles. The molecule has 1 atom stereocenters. The summed E-state index contributed by atoms with van der Waals surface area (Å²) in [6.45, 7) is 3.41. The molecule has 8 heteroatoms. The summed E-state index contributed by atoms with van der Waals surface area (Å²) in [5, 5.41) is 6.72. The molecular formula is C22H25Cl2N3O3. The fraction of sp³-hybridized carbons (Fsp3) is 0.364. The minimum absolute atomic E-state index is 0.0879. The van der Waals surface area contributed by atoms with Gasteiger partial charge >= 0.3 is 0 Å². The molecular weight excluding hydrogens is 425 g/mol. The van der Waals surface area contributed by atoms with Crippen LogP contribution in [0, 0.1) is 0 Å². The lowest BCUT2D eigenvalue weighted by Gasteiger charge is -2.28. The summed E-state index contributed by atoms with van der Waals surface area (Å²) in [6, 6.07) is 12.5. The van der Waals surface area contributed by atoms with Crippen molar-refractivity contribution in [1.29, 1.82) is 0 Å². The Morgan fingerprint density at radius 1 is 1.13 bits per heavy atom. The molecule has 2 amide bonds. The number of halogens is 2. The number of anilines is 1. The molecule has 2 aromatic rings. The van der Waals surface area contributed by atoms with E-state index in [1.165, 1.54) is 0 Å². The number of nitrogens with one attached hydrogen (secondary N) is 2. The van der Waals surface area contributed by atoms with Crippen LogP contribution in [0.3, 0.4) is 0 Å². The van der Waals surface area contributed by atoms with E-state index in [-0.39, 0.29) is 30.9 Å². The highest BCUT2D eigenvalue weighted by Crippen LogP contribution is 2.31. The van der Waals surface area contributed by atoms with Crippen LogP contribution >= 0.6 is 23.2 Å². The zero-order valence-electron chi connectivity index (χ0n) is 16.8. The SMILES string of the molecule is CCCN(CC(=O)Nc1ccc(Cl)cc1Cl)CC(=O)N[C@H]1CCOc2ccccc21. The number of amides is 2. The molecule has 0 aliphatic carbocycles. The number of fused-ring (bicyclic) bond motifs is 1. The van der Waals surface area contributed by atoms with Gasteiger partial charge in [-0.25, -0.2) is 0 Å². The highest BCUT2D eigenvalue weighted by Gasteiger charge is 2.23. The fourth-order valence-corrected chi connectivity index (χ4v) is 3.90. The summed E-state index contributed by atoms with van der Waals surface area (Å²) in [6.07, 6.45) is 1.54. The number of nitrogens with zero attached hydrogens (tertiary/aromatic N) is 1. The minimum Gasteiger partial charge on any atom is -0.493 e. The highest BCUT2D eigenvalue weighted by atomic mass is 35.5. The lowest BCUT2D eigenvalue weighted by molar-refractivity contribution is -0.124. The molecule has 0 saturated heterocycles. The van der Waals surface area contributed by atoms with Crippen molar-refractivity contribution in [3.8, 4) is 5.75 Å². The van der Waals surface area contributed by atoms with Gasteiger partial charge in [0, 0.05) is 17.0 Å². The Balaban J connectivity index is 1.57. The van der Waals surface area contributed by atoms with Crippen LogP contribution in [0.1, 0.15) is 31.4 Å². The highest BCUT2D eigenvalue weighted by molar-refractivity contribution is 6.36. The predicted molar refractivity (Wildman–Crippen MR) is 119 cm³/mol. The number of benzene rings is 2. The summed E-state index contributed by atoms with van der Waals surface area (Å²) < 4.78 is 5.65. The Morgan fingerprint density at radius 3 is 2.67 bits per heavy atom. The van der Waals surface area contributed by atoms with E-state index >= 15 is 0 Å². The Bertz CT molecular complexity index is 907. The molecule has 2 N–H and O–H groups in total. The normalized spacial score (nSPS) is 15.3. The summed E-state index contributed by atoms with van der Waals surface area (Å²) in [7, 11) is 0. The first-order valence-electron chi connectivity index (χ1n) is 9.94. The second kappa shape index (κ2) is 10.7. The van der Waals surface area contributed by atoms with Crippen molar-refractivity contribution in [2.45, 2.75) is 25.8 Å². The van der Waals surface area contributed by atoms with Crippen molar-refractivity contribution in [2.24, 2.45) is 0 Å². The number of carbonyl (C=O) groups excluding carboxylic acids is 2. The molecule has 160 valence electrons. The van der Waals surface area contributed by atoms with Crippen molar-refractivity contribution in [3.63, 3.8) is 0 Å². The summed E-state index contributed by atoms with van der Waals surface area (Å²) in [5.41, 5.74) is 1.47. The number of rotatable bonds is 8. The van der Waals surface area contributed by atoms with Crippen LogP contribution in [0.25, 0.3) is 0 Å². The first-order chi connectivity index (χ1) is 14.5. The Kier molecular flexibility index (Phi) is 7.96. The van der Waals surface area contributed by atoms with Crippen molar-refractivity contribution >= 4 is 40.7 Å². The van der Waals surface area contributed by atoms with Gasteiger partial charge in [0.15, 0.2) is 0 Å². The van der Waals surface area contributed by atoms with Gasteiger partial charge in [0.05, 0.1) is 36.4 Å². The van der Waals surface area contributed by atoms with E-state index in [2.05, 4.69) is 10.6 Å². The maximum atomic E-state index is 12.7. The molecule has 0 unspecified atom stereocenters. The van der Waals surface area contributed by atoms with Crippen molar-refractivity contribution in [1.82, 2.24) is 10.2 Å². The van der Waals surface area contributed by atoms with Crippen LogP contribution in [0.15, 0.2) is 42.5 Å². The van der Waals surface area contributed by atoms with Gasteiger partial charge in [0.2, 0.25) is 11.8 Å². The molecule has 6 nitrogen and oxygen atoms in total. The molecule has 0 bridgehead atoms. The Hall–Kier alpha value is -2.28. The second-order valence-corrected chi connectivity index (χ2v) is 8.02. The van der Waals surface area contributed by atoms with Crippen molar-refractivity contribution < 1.29 is 14.3 Å². The zero-order valence-corrected chi connectivity index (χ0v) is 18.3. The van der Waals surface area contributed by atoms with Crippen LogP contribution in [0.4, 0.5) is 5.69 Å². The number of hydrogen-bond acceptors (Lipinski definition) is 4. The van der Waals surface area contributed by atoms with E-state index in [9.17, 15) is 9.59 Å². The van der Waals surface area contributed by atoms with E-state index < -0.39 is 0 Å². The van der Waals surface area contributed by atoms with E-state index in [0.29, 0.717) is 35.3 Å². The van der Waals surface area contributed by atoms with Gasteiger partial charge in [-0.05, 0) is 37.2 Å². The van der Waals surface area contributed by atoms with Gasteiger partial charge in [0.1, 0.15) is 5.75 Å². The summed E-state index contributed by atoms with van der Waals surface area (Å²) >= 11 is 12.0. The van der Waals surface area contributed by atoms with Crippen LogP contribution in [0.5, 0.6) is 5.75 Å². The maximum Gasteiger partial charge on any atom is 0.238 e. The monoisotopic (exact) mass is 449 g/mol. The molecule has 1 aliphatic heterocycles. The Morgan fingerprint density at radius 2 is 1.90 bits per heavy atom. The molecule has 1 aliphatic rings. The molecule has 30 heavy (non-hydrogen) atoms. The lowest BCUT2D eigenvalue weighted by atomic mass is 10.0. The Labute approximate surface area is 186 Å². The van der Waals surface area contributed by atoms with Gasteiger partial charge < -0.3 is 15.4 Å². The van der Waals surface area contributed by atoms with Gasteiger partial charge in [-0.1, -0.05) is 48.3 Å². The zero-order chi connectivity index (χ0) is 21.5. The largest absolute Gasteiger partial charge is 0.493 e. The molecule has 0 radical (unpaired) electrons. The van der Waals surface area contributed by atoms with Gasteiger partial charge in [-0.2, -0.15) is 0 Å². The van der Waals surface area contributed by atoms with Crippen molar-refractivity contribution in [3.05, 3.63) is 58.1 Å². The third-order valence-electron chi connectivity index (χ3n) is 4.77. The fourth-order valence-electron chi connectivity index (χ4n) is 3.45. The van der Waals surface area contributed by atoms with E-state index in [0.717, 1.165) is 17.7 Å². The van der Waals surface area contributed by atoms with Crippen LogP contribution in [0.2, 0.25) is 10.0 Å². The quantitative estimate of drug-likeness (QED) is 0.630. The van der Waals surface area contributed by atoms with Crippen LogP contribution in [-0.2, 0) is 9.59 Å². The standard InChI is InChI=1S/C22H25Cl2N3O3/c1-2-10-27(14-22(29)26-19-8-7-15(23)12-17(19)24)13-21(28)25-18-9-11-30-20-6-4-3-5-16(18)20/h3-8,12,18H,2,9-11,13-14H2,1H3,(H,25,28)(H,26,29)/t18-/m0/s1. The third kappa shape index (κ3) is 6.11. The van der Waals surface area contributed by atoms with Gasteiger partial charge in [-0.3, -0.25) is 14.5 Å². The molecule has 1 heterocycles. The third-order valence-corrected chi connectivity index (χ3v) is 5.32. The lowest BCUT2D eigenvalue weighted by Crippen LogP contribution is -2.43. The van der Waals surface area contributed by atoms with E-state index in [4.69, 9.17) is 27.9 Å². The van der Waals surface area contributed by atoms with Crippen LogP contribution in [-0.4, -0.2) is 43.0 Å². The van der Waals surface area contributed by atoms with Crippen LogP contribution < -0.4 is 15.4 Å². The number of carbonyl (C=O) groups is 2. The number of ether oxygens (including phenoxy) is 1. The van der Waals surface area contributed by atoms with Gasteiger partial charge in [-0.15, -0.1) is 0 Å². The molecule has 0 aromatic heterocycles. The maximum absolute atomic E-state index is 12.7. The first kappa shape index (κ1) is 22.4. The summed E-state index contributed by atoms with van der Waals surface area (Å²) in [5.74, 6) is 0.443. The molecule has 3 rings (SSSR count). The molecule has 0 spiro atoms. The van der Waals surface area contributed by atoms with Gasteiger partial charge in [0.25, 0.3) is 0 Å². The minimum atomic E-state index is -0.239. The predicted octanol–water partition coefficient (Wildman–Crippen LogP) is 4.28. The molecule has 2 aromatic carbocycles. The second-order valence-electron chi connectivity index (χ2n) is 7.18. The van der Waals surface area contributed by atoms with E-state index in [1.807, 2.05) is 36.1 Å². The first-order valence-corrected chi connectivity index (χ1v) is 10.7. The summed E-state index contributed by atoms with van der Waals surface area (Å²) in [4.78, 5) is 27.0.